The van der Waals surface area contributed by atoms with Gasteiger partial charge in [-0.05, 0) is 31.5 Å². The number of rotatable bonds is 4. The fraction of sp³-hybridized carbons (Fsp3) is 0.357. The van der Waals surface area contributed by atoms with Crippen molar-refractivity contribution in [2.75, 3.05) is 11.9 Å². The third-order valence-electron chi connectivity index (χ3n) is 3.17. The Balaban J connectivity index is 1.98. The van der Waals surface area contributed by atoms with Crippen LogP contribution in [0.2, 0.25) is 0 Å². The number of benzene rings is 1. The van der Waals surface area contributed by atoms with Crippen molar-refractivity contribution in [3.8, 4) is 0 Å². The van der Waals surface area contributed by atoms with Gasteiger partial charge in [-0.25, -0.2) is 4.79 Å². The minimum absolute atomic E-state index is 0.0776. The van der Waals surface area contributed by atoms with Crippen LogP contribution in [0.15, 0.2) is 24.3 Å². The molecule has 4 amide bonds. The minimum Gasteiger partial charge on any atom is -0.392 e. The van der Waals surface area contributed by atoms with E-state index in [4.69, 9.17) is 5.11 Å². The molecule has 7 heteroatoms. The summed E-state index contributed by atoms with van der Waals surface area (Å²) >= 11 is 0. The summed E-state index contributed by atoms with van der Waals surface area (Å²) in [5, 5.41) is 14.0. The maximum atomic E-state index is 11.9. The van der Waals surface area contributed by atoms with Crippen molar-refractivity contribution in [2.45, 2.75) is 26.0 Å². The number of imide groups is 1. The van der Waals surface area contributed by atoms with Crippen molar-refractivity contribution in [1.82, 2.24) is 10.2 Å². The zero-order valence-electron chi connectivity index (χ0n) is 11.8. The van der Waals surface area contributed by atoms with E-state index in [1.807, 2.05) is 0 Å². The van der Waals surface area contributed by atoms with E-state index < -0.39 is 23.4 Å². The number of nitrogens with zero attached hydrogens (tertiary/aromatic N) is 1. The van der Waals surface area contributed by atoms with Gasteiger partial charge in [-0.2, -0.15) is 0 Å². The van der Waals surface area contributed by atoms with Crippen LogP contribution in [0.1, 0.15) is 19.4 Å². The van der Waals surface area contributed by atoms with Gasteiger partial charge >= 0.3 is 6.03 Å². The van der Waals surface area contributed by atoms with Crippen LogP contribution in [0, 0.1) is 0 Å². The summed E-state index contributed by atoms with van der Waals surface area (Å²) < 4.78 is 0. The van der Waals surface area contributed by atoms with Crippen LogP contribution >= 0.6 is 0 Å². The number of nitrogens with one attached hydrogen (secondary N) is 2. The quantitative estimate of drug-likeness (QED) is 0.701. The Morgan fingerprint density at radius 1 is 1.29 bits per heavy atom. The van der Waals surface area contributed by atoms with E-state index in [2.05, 4.69) is 10.6 Å². The Kier molecular flexibility index (Phi) is 3.95. The Hall–Kier alpha value is -2.41. The van der Waals surface area contributed by atoms with Crippen molar-refractivity contribution >= 4 is 23.5 Å². The van der Waals surface area contributed by atoms with Gasteiger partial charge in [0.1, 0.15) is 12.1 Å². The first kappa shape index (κ1) is 15.0. The molecule has 3 N–H and O–H groups in total. The van der Waals surface area contributed by atoms with Gasteiger partial charge in [0, 0.05) is 5.69 Å². The number of anilines is 1. The van der Waals surface area contributed by atoms with Crippen molar-refractivity contribution in [2.24, 2.45) is 0 Å². The van der Waals surface area contributed by atoms with E-state index in [0.717, 1.165) is 10.5 Å². The first-order valence-electron chi connectivity index (χ1n) is 6.47. The molecule has 1 saturated heterocycles. The summed E-state index contributed by atoms with van der Waals surface area (Å²) in [4.78, 5) is 36.4. The molecule has 1 aliphatic heterocycles. The predicted octanol–water partition coefficient (Wildman–Crippen LogP) is 0.448. The average Bonchev–Trinajstić information content (AvgIpc) is 2.62. The van der Waals surface area contributed by atoms with E-state index in [9.17, 15) is 14.4 Å². The van der Waals surface area contributed by atoms with Crippen molar-refractivity contribution < 1.29 is 19.5 Å². The van der Waals surface area contributed by atoms with Crippen LogP contribution in [0.3, 0.4) is 0 Å². The van der Waals surface area contributed by atoms with E-state index in [1.165, 1.54) is 0 Å². The molecule has 0 bridgehead atoms. The predicted molar refractivity (Wildman–Crippen MR) is 75.3 cm³/mol. The number of hydrogen-bond acceptors (Lipinski definition) is 4. The van der Waals surface area contributed by atoms with Crippen LogP contribution < -0.4 is 10.6 Å². The Morgan fingerprint density at radius 2 is 1.90 bits per heavy atom. The molecule has 1 heterocycles. The van der Waals surface area contributed by atoms with E-state index in [-0.39, 0.29) is 13.2 Å². The molecule has 1 fully saturated rings. The molecule has 0 saturated carbocycles. The van der Waals surface area contributed by atoms with Crippen molar-refractivity contribution in [3.63, 3.8) is 0 Å². The lowest BCUT2D eigenvalue weighted by atomic mass is 10.1. The largest absolute Gasteiger partial charge is 0.392 e. The summed E-state index contributed by atoms with van der Waals surface area (Å²) in [5.74, 6) is -0.897. The smallest absolute Gasteiger partial charge is 0.325 e. The number of hydrogen-bond donors (Lipinski definition) is 3. The Bertz CT molecular complexity index is 580. The van der Waals surface area contributed by atoms with Gasteiger partial charge < -0.3 is 15.7 Å². The summed E-state index contributed by atoms with van der Waals surface area (Å²) in [5.41, 5.74) is 0.271. The second-order valence-electron chi connectivity index (χ2n) is 5.35. The zero-order chi connectivity index (χ0) is 15.6. The van der Waals surface area contributed by atoms with Gasteiger partial charge in [-0.3, -0.25) is 14.5 Å². The third-order valence-corrected chi connectivity index (χ3v) is 3.17. The highest BCUT2D eigenvalue weighted by molar-refractivity contribution is 6.09. The summed E-state index contributed by atoms with van der Waals surface area (Å²) in [7, 11) is 0. The number of aliphatic hydroxyl groups excluding tert-OH is 1. The SMILES string of the molecule is CC1(C)NC(=O)N(CC(=O)Nc2ccc(CO)cc2)C1=O. The highest BCUT2D eigenvalue weighted by atomic mass is 16.3. The maximum absolute atomic E-state index is 11.9. The molecule has 1 aliphatic rings. The lowest BCUT2D eigenvalue weighted by Crippen LogP contribution is -2.41. The molecule has 21 heavy (non-hydrogen) atoms. The van der Waals surface area contributed by atoms with Crippen LogP contribution in [-0.2, 0) is 16.2 Å². The zero-order valence-corrected chi connectivity index (χ0v) is 11.8. The topological polar surface area (TPSA) is 98.7 Å². The number of carbonyl (C=O) groups excluding carboxylic acids is 3. The van der Waals surface area contributed by atoms with Crippen LogP contribution in [0.5, 0.6) is 0 Å². The van der Waals surface area contributed by atoms with Gasteiger partial charge in [-0.15, -0.1) is 0 Å². The molecule has 0 unspecified atom stereocenters. The molecular formula is C14H17N3O4. The third kappa shape index (κ3) is 3.19. The monoisotopic (exact) mass is 291 g/mol. The molecule has 112 valence electrons. The normalized spacial score (nSPS) is 16.8. The second kappa shape index (κ2) is 5.53. The lowest BCUT2D eigenvalue weighted by Gasteiger charge is -2.15. The van der Waals surface area contributed by atoms with Crippen LogP contribution in [0.25, 0.3) is 0 Å². The van der Waals surface area contributed by atoms with Gasteiger partial charge in [0.2, 0.25) is 5.91 Å². The van der Waals surface area contributed by atoms with Crippen LogP contribution in [-0.4, -0.2) is 39.9 Å². The lowest BCUT2D eigenvalue weighted by molar-refractivity contribution is -0.132. The second-order valence-corrected chi connectivity index (χ2v) is 5.35. The maximum Gasteiger partial charge on any atom is 0.325 e. The van der Waals surface area contributed by atoms with Crippen molar-refractivity contribution in [3.05, 3.63) is 29.8 Å². The molecule has 2 rings (SSSR count). The first-order valence-corrected chi connectivity index (χ1v) is 6.47. The van der Waals surface area contributed by atoms with Gasteiger partial charge in [-0.1, -0.05) is 12.1 Å². The van der Waals surface area contributed by atoms with Gasteiger partial charge in [0.15, 0.2) is 0 Å². The van der Waals surface area contributed by atoms with Gasteiger partial charge in [0.25, 0.3) is 5.91 Å². The Morgan fingerprint density at radius 3 is 2.38 bits per heavy atom. The number of aliphatic hydroxyl groups is 1. The Labute approximate surface area is 121 Å². The van der Waals surface area contributed by atoms with E-state index in [0.29, 0.717) is 5.69 Å². The molecule has 0 spiro atoms. The average molecular weight is 291 g/mol. The molecule has 7 nitrogen and oxygen atoms in total. The molecule has 0 aromatic heterocycles. The summed E-state index contributed by atoms with van der Waals surface area (Å²) in [6.45, 7) is 2.75. The highest BCUT2D eigenvalue weighted by Gasteiger charge is 2.44. The number of carbonyl (C=O) groups is 3. The summed E-state index contributed by atoms with van der Waals surface area (Å²) in [6, 6.07) is 6.05. The first-order chi connectivity index (χ1) is 9.83. The molecule has 1 aromatic rings. The molecular weight excluding hydrogens is 274 g/mol. The van der Waals surface area contributed by atoms with Crippen LogP contribution in [0.4, 0.5) is 10.5 Å². The van der Waals surface area contributed by atoms with Crippen molar-refractivity contribution in [1.29, 1.82) is 0 Å². The number of amides is 4. The summed E-state index contributed by atoms with van der Waals surface area (Å²) in [6.07, 6.45) is 0. The van der Waals surface area contributed by atoms with E-state index in [1.54, 1.807) is 38.1 Å². The minimum atomic E-state index is -0.986. The molecule has 1 aromatic carbocycles. The standard InChI is InChI=1S/C14H17N3O4/c1-14(2)12(20)17(13(21)16-14)7-11(19)15-10-5-3-9(8-18)4-6-10/h3-6,18H,7-8H2,1-2H3,(H,15,19)(H,16,21). The highest BCUT2D eigenvalue weighted by Crippen LogP contribution is 2.16. The molecule has 0 aliphatic carbocycles. The molecule has 0 radical (unpaired) electrons. The van der Waals surface area contributed by atoms with Gasteiger partial charge in [0.05, 0.1) is 6.61 Å². The molecule has 0 atom stereocenters. The number of urea groups is 1. The van der Waals surface area contributed by atoms with E-state index >= 15 is 0 Å². The fourth-order valence-corrected chi connectivity index (χ4v) is 2.00. The fourth-order valence-electron chi connectivity index (χ4n) is 2.00.